The predicted molar refractivity (Wildman–Crippen MR) is 113 cm³/mol. The van der Waals surface area contributed by atoms with E-state index >= 15 is 0 Å². The fourth-order valence-corrected chi connectivity index (χ4v) is 2.90. The largest absolute Gasteiger partial charge is 0.486 e. The monoisotopic (exact) mass is 424 g/mol. The average molecular weight is 424 g/mol. The smallest absolute Gasteiger partial charge is 0.355 e. The van der Waals surface area contributed by atoms with Crippen molar-refractivity contribution in [3.8, 4) is 11.5 Å². The number of hydrogen-bond acceptors (Lipinski definition) is 6. The molecule has 0 fully saturated rings. The van der Waals surface area contributed by atoms with Crippen LogP contribution in [-0.2, 0) is 25.5 Å². The summed E-state index contributed by atoms with van der Waals surface area (Å²) in [5.41, 5.74) is 1.66. The summed E-state index contributed by atoms with van der Waals surface area (Å²) in [6.45, 7) is 2.25. The molecule has 1 heterocycles. The van der Waals surface area contributed by atoms with E-state index in [4.69, 9.17) is 14.2 Å². The first-order valence-corrected chi connectivity index (χ1v) is 9.88. The molecule has 8 heteroatoms. The van der Waals surface area contributed by atoms with Crippen LogP contribution in [0.4, 0.5) is 0 Å². The first-order valence-electron chi connectivity index (χ1n) is 9.88. The van der Waals surface area contributed by atoms with E-state index in [1.54, 1.807) is 24.3 Å². The van der Waals surface area contributed by atoms with Crippen molar-refractivity contribution in [2.45, 2.75) is 13.3 Å². The Bertz CT molecular complexity index is 971. The first-order chi connectivity index (χ1) is 15.0. The molecule has 3 rings (SSSR count). The topological polar surface area (TPSA) is 103 Å². The van der Waals surface area contributed by atoms with Crippen LogP contribution in [0.25, 0.3) is 6.08 Å². The van der Waals surface area contributed by atoms with Gasteiger partial charge >= 0.3 is 5.97 Å². The first kappa shape index (κ1) is 21.9. The third-order valence-electron chi connectivity index (χ3n) is 4.32. The molecule has 0 aromatic heterocycles. The van der Waals surface area contributed by atoms with Gasteiger partial charge in [-0.1, -0.05) is 36.4 Å². The number of ether oxygens (including phenoxy) is 3. The summed E-state index contributed by atoms with van der Waals surface area (Å²) in [5, 5.41) is 5.14. The molecule has 8 nitrogen and oxygen atoms in total. The fraction of sp³-hybridized carbons (Fsp3) is 0.261. The Morgan fingerprint density at radius 3 is 2.52 bits per heavy atom. The van der Waals surface area contributed by atoms with Crippen molar-refractivity contribution in [3.63, 3.8) is 0 Å². The molecule has 0 saturated heterocycles. The van der Waals surface area contributed by atoms with E-state index in [1.807, 2.05) is 24.3 Å². The Balaban J connectivity index is 1.47. The van der Waals surface area contributed by atoms with Crippen molar-refractivity contribution >= 4 is 23.9 Å². The summed E-state index contributed by atoms with van der Waals surface area (Å²) in [5.74, 6) is -0.235. The lowest BCUT2D eigenvalue weighted by molar-refractivity contribution is -0.145. The van der Waals surface area contributed by atoms with Gasteiger partial charge in [0.25, 0.3) is 5.91 Å². The van der Waals surface area contributed by atoms with Crippen LogP contribution in [0.15, 0.2) is 54.2 Å². The van der Waals surface area contributed by atoms with Crippen LogP contribution in [0.5, 0.6) is 11.5 Å². The zero-order valence-corrected chi connectivity index (χ0v) is 17.2. The molecule has 0 unspecified atom stereocenters. The van der Waals surface area contributed by atoms with Crippen LogP contribution in [0, 0.1) is 0 Å². The number of esters is 1. The highest BCUT2D eigenvalue weighted by atomic mass is 16.6. The molecule has 2 aromatic carbocycles. The number of rotatable bonds is 8. The number of nitrogens with one attached hydrogen (secondary N) is 2. The van der Waals surface area contributed by atoms with E-state index in [2.05, 4.69) is 10.6 Å². The minimum absolute atomic E-state index is 0.0391. The highest BCUT2D eigenvalue weighted by Crippen LogP contribution is 2.30. The van der Waals surface area contributed by atoms with Gasteiger partial charge in [-0.2, -0.15) is 0 Å². The summed E-state index contributed by atoms with van der Waals surface area (Å²) in [6, 6.07) is 14.6. The highest BCUT2D eigenvalue weighted by Gasteiger charge is 2.15. The number of amides is 2. The second-order valence-corrected chi connectivity index (χ2v) is 6.80. The van der Waals surface area contributed by atoms with Gasteiger partial charge < -0.3 is 24.8 Å². The van der Waals surface area contributed by atoms with Crippen molar-refractivity contribution in [1.82, 2.24) is 10.6 Å². The van der Waals surface area contributed by atoms with Gasteiger partial charge in [-0.25, -0.2) is 4.79 Å². The van der Waals surface area contributed by atoms with Crippen molar-refractivity contribution in [1.29, 1.82) is 0 Å². The Morgan fingerprint density at radius 2 is 1.77 bits per heavy atom. The Labute approximate surface area is 180 Å². The maximum Gasteiger partial charge on any atom is 0.355 e. The molecular weight excluding hydrogens is 400 g/mol. The van der Waals surface area contributed by atoms with Crippen molar-refractivity contribution in [2.24, 2.45) is 0 Å². The number of carbonyl (C=O) groups is 3. The second kappa shape index (κ2) is 10.8. The van der Waals surface area contributed by atoms with Gasteiger partial charge in [0.15, 0.2) is 18.1 Å². The number of fused-ring (bicyclic) bond motifs is 1. The van der Waals surface area contributed by atoms with E-state index in [-0.39, 0.29) is 5.70 Å². The normalized spacial score (nSPS) is 12.6. The molecule has 2 N–H and O–H groups in total. The van der Waals surface area contributed by atoms with Crippen LogP contribution in [0.2, 0.25) is 0 Å². The summed E-state index contributed by atoms with van der Waals surface area (Å²) in [6.07, 6.45) is 2.07. The van der Waals surface area contributed by atoms with E-state index < -0.39 is 24.4 Å². The van der Waals surface area contributed by atoms with Gasteiger partial charge in [0.1, 0.15) is 18.9 Å². The quantitative estimate of drug-likeness (QED) is 0.495. The summed E-state index contributed by atoms with van der Waals surface area (Å²) in [7, 11) is 0. The average Bonchev–Trinajstić information content (AvgIpc) is 2.77. The van der Waals surface area contributed by atoms with Crippen LogP contribution >= 0.6 is 0 Å². The highest BCUT2D eigenvalue weighted by molar-refractivity contribution is 5.98. The number of benzene rings is 2. The van der Waals surface area contributed by atoms with Gasteiger partial charge in [-0.05, 0) is 35.8 Å². The van der Waals surface area contributed by atoms with Gasteiger partial charge in [-0.3, -0.25) is 9.59 Å². The molecule has 0 atom stereocenters. The maximum atomic E-state index is 12.3. The Hall–Kier alpha value is -3.81. The molecule has 0 aliphatic carbocycles. The fourth-order valence-electron chi connectivity index (χ4n) is 2.90. The Kier molecular flexibility index (Phi) is 7.64. The van der Waals surface area contributed by atoms with Gasteiger partial charge in [-0.15, -0.1) is 0 Å². The van der Waals surface area contributed by atoms with E-state index in [9.17, 15) is 14.4 Å². The molecule has 2 amide bonds. The Morgan fingerprint density at radius 1 is 1.03 bits per heavy atom. The van der Waals surface area contributed by atoms with Crippen LogP contribution in [0.1, 0.15) is 18.1 Å². The summed E-state index contributed by atoms with van der Waals surface area (Å²) >= 11 is 0. The summed E-state index contributed by atoms with van der Waals surface area (Å²) < 4.78 is 16.1. The molecule has 1 aliphatic rings. The van der Waals surface area contributed by atoms with E-state index in [0.717, 1.165) is 5.56 Å². The minimum atomic E-state index is -0.791. The molecular formula is C23H24N2O6. The number of carbonyl (C=O) groups excluding carboxylic acids is 3. The molecule has 31 heavy (non-hydrogen) atoms. The SMILES string of the molecule is CC(=O)N/C(=C\c1ccccc1)C(=O)OCC(=O)NCCc1ccc2c(c1)OCCO2. The van der Waals surface area contributed by atoms with Crippen molar-refractivity contribution in [2.75, 3.05) is 26.4 Å². The molecule has 1 aliphatic heterocycles. The minimum Gasteiger partial charge on any atom is -0.486 e. The van der Waals surface area contributed by atoms with Gasteiger partial charge in [0, 0.05) is 13.5 Å². The number of hydrogen-bond donors (Lipinski definition) is 2. The third kappa shape index (κ3) is 6.88. The molecule has 0 spiro atoms. The molecule has 0 radical (unpaired) electrons. The van der Waals surface area contributed by atoms with Gasteiger partial charge in [0.2, 0.25) is 5.91 Å². The van der Waals surface area contributed by atoms with Crippen LogP contribution in [0.3, 0.4) is 0 Å². The standard InChI is InChI=1S/C23H24N2O6/c1-16(26)25-19(13-17-5-3-2-4-6-17)23(28)31-15-22(27)24-10-9-18-7-8-20-21(14-18)30-12-11-29-20/h2-8,13-14H,9-12,15H2,1H3,(H,24,27)(H,25,26)/b19-13-. The van der Waals surface area contributed by atoms with Crippen LogP contribution < -0.4 is 20.1 Å². The molecule has 0 bridgehead atoms. The predicted octanol–water partition coefficient (Wildman–Crippen LogP) is 1.84. The lowest BCUT2D eigenvalue weighted by Crippen LogP contribution is -2.32. The van der Waals surface area contributed by atoms with Crippen molar-refractivity contribution < 1.29 is 28.6 Å². The van der Waals surface area contributed by atoms with Crippen molar-refractivity contribution in [3.05, 3.63) is 65.4 Å². The lowest BCUT2D eigenvalue weighted by Gasteiger charge is -2.18. The zero-order valence-electron chi connectivity index (χ0n) is 17.2. The molecule has 0 saturated carbocycles. The van der Waals surface area contributed by atoms with Crippen LogP contribution in [-0.4, -0.2) is 44.1 Å². The lowest BCUT2D eigenvalue weighted by atomic mass is 10.1. The third-order valence-corrected chi connectivity index (χ3v) is 4.32. The molecule has 162 valence electrons. The summed E-state index contributed by atoms with van der Waals surface area (Å²) in [4.78, 5) is 35.7. The molecule has 2 aromatic rings. The zero-order chi connectivity index (χ0) is 22.1. The van der Waals surface area contributed by atoms with E-state index in [0.29, 0.717) is 43.2 Å². The second-order valence-electron chi connectivity index (χ2n) is 6.80. The maximum absolute atomic E-state index is 12.3. The van der Waals surface area contributed by atoms with Gasteiger partial charge in [0.05, 0.1) is 0 Å². The van der Waals surface area contributed by atoms with E-state index in [1.165, 1.54) is 13.0 Å².